The van der Waals surface area contributed by atoms with Crippen LogP contribution in [0, 0.1) is 12.7 Å². The van der Waals surface area contributed by atoms with E-state index in [-0.39, 0.29) is 11.9 Å². The zero-order chi connectivity index (χ0) is 13.8. The minimum atomic E-state index is -0.199. The SMILES string of the molecule is CCC(Nc1ccc(C)cc1Br)c1ccc(F)cc1. The van der Waals surface area contributed by atoms with Crippen molar-refractivity contribution in [3.8, 4) is 0 Å². The minimum Gasteiger partial charge on any atom is -0.377 e. The fourth-order valence-corrected chi connectivity index (χ4v) is 2.65. The first kappa shape index (κ1) is 14.1. The van der Waals surface area contributed by atoms with Crippen LogP contribution in [-0.2, 0) is 0 Å². The van der Waals surface area contributed by atoms with Gasteiger partial charge in [-0.15, -0.1) is 0 Å². The zero-order valence-electron chi connectivity index (χ0n) is 11.1. The van der Waals surface area contributed by atoms with Crippen molar-refractivity contribution in [1.82, 2.24) is 0 Å². The van der Waals surface area contributed by atoms with Crippen molar-refractivity contribution in [1.29, 1.82) is 0 Å². The predicted molar refractivity (Wildman–Crippen MR) is 81.9 cm³/mol. The summed E-state index contributed by atoms with van der Waals surface area (Å²) in [5.74, 6) is -0.199. The van der Waals surface area contributed by atoms with E-state index >= 15 is 0 Å². The molecule has 0 spiro atoms. The number of halogens is 2. The van der Waals surface area contributed by atoms with Gasteiger partial charge < -0.3 is 5.32 Å². The summed E-state index contributed by atoms with van der Waals surface area (Å²) in [6.07, 6.45) is 0.936. The van der Waals surface area contributed by atoms with E-state index in [2.05, 4.69) is 53.3 Å². The Labute approximate surface area is 122 Å². The van der Waals surface area contributed by atoms with E-state index in [0.29, 0.717) is 0 Å². The molecule has 0 aliphatic rings. The number of hydrogen-bond donors (Lipinski definition) is 1. The smallest absolute Gasteiger partial charge is 0.123 e. The second kappa shape index (κ2) is 6.20. The maximum Gasteiger partial charge on any atom is 0.123 e. The van der Waals surface area contributed by atoms with E-state index < -0.39 is 0 Å². The van der Waals surface area contributed by atoms with Gasteiger partial charge in [0.25, 0.3) is 0 Å². The van der Waals surface area contributed by atoms with Gasteiger partial charge in [-0.05, 0) is 64.7 Å². The first-order valence-electron chi connectivity index (χ1n) is 6.38. The third-order valence-corrected chi connectivity index (χ3v) is 3.79. The lowest BCUT2D eigenvalue weighted by atomic mass is 10.0. The lowest BCUT2D eigenvalue weighted by Gasteiger charge is -2.20. The van der Waals surface area contributed by atoms with Gasteiger partial charge >= 0.3 is 0 Å². The van der Waals surface area contributed by atoms with E-state index in [0.717, 1.165) is 22.1 Å². The van der Waals surface area contributed by atoms with E-state index in [1.54, 1.807) is 0 Å². The summed E-state index contributed by atoms with van der Waals surface area (Å²) in [5, 5.41) is 3.49. The molecule has 1 N–H and O–H groups in total. The van der Waals surface area contributed by atoms with Gasteiger partial charge in [-0.1, -0.05) is 25.1 Å². The Morgan fingerprint density at radius 3 is 2.42 bits per heavy atom. The molecule has 0 aliphatic carbocycles. The van der Waals surface area contributed by atoms with Gasteiger partial charge in [-0.25, -0.2) is 4.39 Å². The number of rotatable bonds is 4. The van der Waals surface area contributed by atoms with Gasteiger partial charge in [-0.2, -0.15) is 0 Å². The lowest BCUT2D eigenvalue weighted by molar-refractivity contribution is 0.625. The Kier molecular flexibility index (Phi) is 4.59. The number of nitrogens with one attached hydrogen (secondary N) is 1. The fourth-order valence-electron chi connectivity index (χ4n) is 2.04. The first-order valence-corrected chi connectivity index (χ1v) is 7.17. The molecule has 2 rings (SSSR count). The molecule has 19 heavy (non-hydrogen) atoms. The maximum atomic E-state index is 13.0. The Morgan fingerprint density at radius 1 is 1.16 bits per heavy atom. The summed E-state index contributed by atoms with van der Waals surface area (Å²) in [7, 11) is 0. The molecule has 100 valence electrons. The summed E-state index contributed by atoms with van der Waals surface area (Å²) < 4.78 is 14.0. The van der Waals surface area contributed by atoms with Crippen LogP contribution in [0.2, 0.25) is 0 Å². The highest BCUT2D eigenvalue weighted by atomic mass is 79.9. The van der Waals surface area contributed by atoms with Crippen LogP contribution in [0.5, 0.6) is 0 Å². The van der Waals surface area contributed by atoms with Crippen molar-refractivity contribution in [3.63, 3.8) is 0 Å². The molecule has 0 saturated heterocycles. The van der Waals surface area contributed by atoms with Gasteiger partial charge in [0.1, 0.15) is 5.82 Å². The van der Waals surface area contributed by atoms with Crippen molar-refractivity contribution in [2.75, 3.05) is 5.32 Å². The van der Waals surface area contributed by atoms with Gasteiger partial charge in [0, 0.05) is 10.2 Å². The topological polar surface area (TPSA) is 12.0 Å². The minimum absolute atomic E-state index is 0.180. The van der Waals surface area contributed by atoms with E-state index in [9.17, 15) is 4.39 Å². The molecule has 3 heteroatoms. The molecule has 1 unspecified atom stereocenters. The summed E-state index contributed by atoms with van der Waals surface area (Å²) in [5.41, 5.74) is 3.37. The summed E-state index contributed by atoms with van der Waals surface area (Å²) in [6, 6.07) is 13.1. The van der Waals surface area contributed by atoms with E-state index in [1.165, 1.54) is 17.7 Å². The highest BCUT2D eigenvalue weighted by molar-refractivity contribution is 9.10. The summed E-state index contributed by atoms with van der Waals surface area (Å²) >= 11 is 3.57. The quantitative estimate of drug-likeness (QED) is 0.788. The van der Waals surface area contributed by atoms with Crippen LogP contribution < -0.4 is 5.32 Å². The average Bonchev–Trinajstić information content (AvgIpc) is 2.39. The maximum absolute atomic E-state index is 13.0. The monoisotopic (exact) mass is 321 g/mol. The van der Waals surface area contributed by atoms with Crippen molar-refractivity contribution in [2.45, 2.75) is 26.3 Å². The number of hydrogen-bond acceptors (Lipinski definition) is 1. The highest BCUT2D eigenvalue weighted by Crippen LogP contribution is 2.29. The number of anilines is 1. The van der Waals surface area contributed by atoms with Gasteiger partial charge in [0.15, 0.2) is 0 Å². The molecule has 0 fully saturated rings. The molecule has 0 aromatic heterocycles. The van der Waals surface area contributed by atoms with Gasteiger partial charge in [0.05, 0.1) is 6.04 Å². The Morgan fingerprint density at radius 2 is 1.84 bits per heavy atom. The highest BCUT2D eigenvalue weighted by Gasteiger charge is 2.10. The molecule has 0 saturated carbocycles. The Balaban J connectivity index is 2.21. The van der Waals surface area contributed by atoms with Crippen LogP contribution in [0.4, 0.5) is 10.1 Å². The van der Waals surface area contributed by atoms with Crippen molar-refractivity contribution >= 4 is 21.6 Å². The van der Waals surface area contributed by atoms with Crippen LogP contribution in [0.15, 0.2) is 46.9 Å². The van der Waals surface area contributed by atoms with Crippen LogP contribution in [0.3, 0.4) is 0 Å². The molecule has 1 nitrogen and oxygen atoms in total. The molecule has 0 heterocycles. The second-order valence-electron chi connectivity index (χ2n) is 4.64. The molecule has 2 aromatic rings. The second-order valence-corrected chi connectivity index (χ2v) is 5.49. The molecular formula is C16H17BrFN. The molecule has 2 aromatic carbocycles. The van der Waals surface area contributed by atoms with Crippen LogP contribution in [0.1, 0.15) is 30.5 Å². The standard InChI is InChI=1S/C16H17BrFN/c1-3-15(12-5-7-13(18)8-6-12)19-16-9-4-11(2)10-14(16)17/h4-10,15,19H,3H2,1-2H3. The predicted octanol–water partition coefficient (Wildman–Crippen LogP) is 5.46. The summed E-state index contributed by atoms with van der Waals surface area (Å²) in [4.78, 5) is 0. The van der Waals surface area contributed by atoms with Crippen molar-refractivity contribution in [3.05, 3.63) is 63.9 Å². The van der Waals surface area contributed by atoms with Crippen LogP contribution in [0.25, 0.3) is 0 Å². The molecule has 0 aliphatic heterocycles. The molecular weight excluding hydrogens is 305 g/mol. The van der Waals surface area contributed by atoms with E-state index in [4.69, 9.17) is 0 Å². The van der Waals surface area contributed by atoms with Gasteiger partial charge in [0.2, 0.25) is 0 Å². The van der Waals surface area contributed by atoms with Crippen LogP contribution in [-0.4, -0.2) is 0 Å². The summed E-state index contributed by atoms with van der Waals surface area (Å²) in [6.45, 7) is 4.18. The Bertz CT molecular complexity index is 551. The lowest BCUT2D eigenvalue weighted by Crippen LogP contribution is -2.10. The molecule has 1 atom stereocenters. The molecule has 0 radical (unpaired) electrons. The van der Waals surface area contributed by atoms with Crippen LogP contribution >= 0.6 is 15.9 Å². The normalized spacial score (nSPS) is 12.2. The van der Waals surface area contributed by atoms with E-state index in [1.807, 2.05) is 12.1 Å². The fraction of sp³-hybridized carbons (Fsp3) is 0.250. The zero-order valence-corrected chi connectivity index (χ0v) is 12.7. The molecule has 0 bridgehead atoms. The average molecular weight is 322 g/mol. The third-order valence-electron chi connectivity index (χ3n) is 3.13. The van der Waals surface area contributed by atoms with Crippen molar-refractivity contribution < 1.29 is 4.39 Å². The molecule has 0 amide bonds. The largest absolute Gasteiger partial charge is 0.377 e. The number of benzene rings is 2. The Hall–Kier alpha value is -1.35. The van der Waals surface area contributed by atoms with Gasteiger partial charge in [-0.3, -0.25) is 0 Å². The number of aryl methyl sites for hydroxylation is 1. The third kappa shape index (κ3) is 3.57. The van der Waals surface area contributed by atoms with Crippen molar-refractivity contribution in [2.24, 2.45) is 0 Å². The first-order chi connectivity index (χ1) is 9.10.